The molecule has 0 aromatic heterocycles. The summed E-state index contributed by atoms with van der Waals surface area (Å²) < 4.78 is 5.64. The molecule has 0 heterocycles. The van der Waals surface area contributed by atoms with Crippen molar-refractivity contribution in [1.82, 2.24) is 0 Å². The number of hydrogen-bond donors (Lipinski definition) is 2. The second-order valence-electron chi connectivity index (χ2n) is 4.42. The highest BCUT2D eigenvalue weighted by molar-refractivity contribution is 6.59. The maximum absolute atomic E-state index is 9.15. The van der Waals surface area contributed by atoms with Crippen LogP contribution in [0.2, 0.25) is 10.0 Å². The number of halogens is 2. The average Bonchev–Trinajstić information content (AvgIpc) is 2.37. The summed E-state index contributed by atoms with van der Waals surface area (Å²) in [5.74, 6) is 0.637. The van der Waals surface area contributed by atoms with E-state index < -0.39 is 7.12 Å². The summed E-state index contributed by atoms with van der Waals surface area (Å²) in [6.45, 7) is 2.10. The third kappa shape index (κ3) is 3.67. The van der Waals surface area contributed by atoms with Crippen molar-refractivity contribution in [1.29, 1.82) is 0 Å². The lowest BCUT2D eigenvalue weighted by Crippen LogP contribution is -2.31. The van der Waals surface area contributed by atoms with Gasteiger partial charge in [0.2, 0.25) is 0 Å². The largest absolute Gasteiger partial charge is 0.489 e. The van der Waals surface area contributed by atoms with Gasteiger partial charge in [0.1, 0.15) is 12.4 Å². The number of rotatable bonds is 4. The molecule has 2 rings (SSSR count). The first-order valence-corrected chi connectivity index (χ1v) is 6.76. The van der Waals surface area contributed by atoms with Crippen LogP contribution in [0.3, 0.4) is 0 Å². The van der Waals surface area contributed by atoms with Crippen LogP contribution in [0.1, 0.15) is 11.1 Å². The van der Waals surface area contributed by atoms with Crippen LogP contribution in [0.5, 0.6) is 5.75 Å². The van der Waals surface area contributed by atoms with E-state index in [2.05, 4.69) is 0 Å². The van der Waals surface area contributed by atoms with E-state index in [1.165, 1.54) is 0 Å². The molecule has 0 radical (unpaired) electrons. The minimum absolute atomic E-state index is 0.316. The Morgan fingerprint density at radius 1 is 1.10 bits per heavy atom. The lowest BCUT2D eigenvalue weighted by atomic mass is 9.77. The quantitative estimate of drug-likeness (QED) is 0.853. The Balaban J connectivity index is 2.09. The summed E-state index contributed by atoms with van der Waals surface area (Å²) in [6.07, 6.45) is 0. The fourth-order valence-corrected chi connectivity index (χ4v) is 2.29. The van der Waals surface area contributed by atoms with Gasteiger partial charge in [-0.25, -0.2) is 0 Å². The molecule has 0 saturated carbocycles. The third-order valence-electron chi connectivity index (χ3n) is 2.93. The second kappa shape index (κ2) is 6.50. The number of aryl methyl sites for hydroxylation is 1. The van der Waals surface area contributed by atoms with Crippen LogP contribution in [-0.2, 0) is 6.61 Å². The zero-order valence-corrected chi connectivity index (χ0v) is 12.3. The summed E-state index contributed by atoms with van der Waals surface area (Å²) in [5, 5.41) is 19.4. The van der Waals surface area contributed by atoms with Gasteiger partial charge in [-0.15, -0.1) is 0 Å². The highest BCUT2D eigenvalue weighted by Gasteiger charge is 2.14. The van der Waals surface area contributed by atoms with Gasteiger partial charge in [-0.3, -0.25) is 0 Å². The minimum Gasteiger partial charge on any atom is -0.489 e. The van der Waals surface area contributed by atoms with E-state index in [4.69, 9.17) is 38.0 Å². The van der Waals surface area contributed by atoms with Gasteiger partial charge in [0.25, 0.3) is 0 Å². The molecule has 0 fully saturated rings. The van der Waals surface area contributed by atoms with E-state index in [9.17, 15) is 0 Å². The molecule has 0 amide bonds. The van der Waals surface area contributed by atoms with Gasteiger partial charge in [-0.2, -0.15) is 0 Å². The van der Waals surface area contributed by atoms with Crippen molar-refractivity contribution in [2.45, 2.75) is 13.5 Å². The van der Waals surface area contributed by atoms with Crippen molar-refractivity contribution in [3.63, 3.8) is 0 Å². The van der Waals surface area contributed by atoms with Gasteiger partial charge in [0.05, 0.1) is 0 Å². The Morgan fingerprint density at radius 3 is 2.45 bits per heavy atom. The summed E-state index contributed by atoms with van der Waals surface area (Å²) in [5.41, 5.74) is 2.04. The van der Waals surface area contributed by atoms with Gasteiger partial charge in [0, 0.05) is 15.6 Å². The first-order chi connectivity index (χ1) is 9.47. The molecule has 2 aromatic carbocycles. The zero-order valence-electron chi connectivity index (χ0n) is 10.8. The Hall–Kier alpha value is -1.20. The van der Waals surface area contributed by atoms with E-state index in [1.807, 2.05) is 6.07 Å². The van der Waals surface area contributed by atoms with E-state index >= 15 is 0 Å². The average molecular weight is 311 g/mol. The van der Waals surface area contributed by atoms with Crippen molar-refractivity contribution in [3.05, 3.63) is 57.6 Å². The Morgan fingerprint density at radius 2 is 1.85 bits per heavy atom. The molecule has 0 aliphatic carbocycles. The first kappa shape index (κ1) is 15.2. The standard InChI is InChI=1S/C14H13BCl2O3/c1-9-6-12(4-5-13(9)15(18)19)20-8-10-2-3-11(16)7-14(10)17/h2-7,18-19H,8H2,1H3. The van der Waals surface area contributed by atoms with Crippen LogP contribution in [0.15, 0.2) is 36.4 Å². The van der Waals surface area contributed by atoms with E-state index in [0.29, 0.717) is 27.9 Å². The van der Waals surface area contributed by atoms with Crippen molar-refractivity contribution in [2.75, 3.05) is 0 Å². The predicted molar refractivity (Wildman–Crippen MR) is 81.8 cm³/mol. The predicted octanol–water partition coefficient (Wildman–Crippen LogP) is 2.56. The molecular formula is C14H13BCl2O3. The van der Waals surface area contributed by atoms with Crippen molar-refractivity contribution in [2.24, 2.45) is 0 Å². The molecule has 0 saturated heterocycles. The highest BCUT2D eigenvalue weighted by atomic mass is 35.5. The SMILES string of the molecule is Cc1cc(OCc2ccc(Cl)cc2Cl)ccc1B(O)O. The van der Waals surface area contributed by atoms with Crippen LogP contribution in [0.25, 0.3) is 0 Å². The van der Waals surface area contributed by atoms with Crippen LogP contribution < -0.4 is 10.2 Å². The molecule has 6 heteroatoms. The molecule has 2 N–H and O–H groups in total. The van der Waals surface area contributed by atoms with Crippen molar-refractivity contribution in [3.8, 4) is 5.75 Å². The number of hydrogen-bond acceptors (Lipinski definition) is 3. The van der Waals surface area contributed by atoms with Gasteiger partial charge < -0.3 is 14.8 Å². The van der Waals surface area contributed by atoms with Gasteiger partial charge >= 0.3 is 7.12 Å². The van der Waals surface area contributed by atoms with Crippen LogP contribution >= 0.6 is 23.2 Å². The molecular weight excluding hydrogens is 298 g/mol. The fourth-order valence-electron chi connectivity index (χ4n) is 1.83. The molecule has 0 spiro atoms. The van der Waals surface area contributed by atoms with Crippen LogP contribution in [-0.4, -0.2) is 17.2 Å². The number of ether oxygens (including phenoxy) is 1. The Labute approximate surface area is 127 Å². The van der Waals surface area contributed by atoms with Crippen molar-refractivity contribution < 1.29 is 14.8 Å². The van der Waals surface area contributed by atoms with Crippen molar-refractivity contribution >= 4 is 35.8 Å². The molecule has 104 valence electrons. The Bertz CT molecular complexity index is 617. The lowest BCUT2D eigenvalue weighted by molar-refractivity contribution is 0.306. The highest BCUT2D eigenvalue weighted by Crippen LogP contribution is 2.22. The lowest BCUT2D eigenvalue weighted by Gasteiger charge is -2.11. The summed E-state index contributed by atoms with van der Waals surface area (Å²) in [4.78, 5) is 0. The van der Waals surface area contributed by atoms with E-state index in [-0.39, 0.29) is 0 Å². The first-order valence-electron chi connectivity index (χ1n) is 6.01. The monoisotopic (exact) mass is 310 g/mol. The Kier molecular flexibility index (Phi) is 4.94. The summed E-state index contributed by atoms with van der Waals surface area (Å²) in [6, 6.07) is 10.3. The zero-order chi connectivity index (χ0) is 14.7. The normalized spacial score (nSPS) is 10.4. The van der Waals surface area contributed by atoms with E-state index in [0.717, 1.165) is 11.1 Å². The number of benzene rings is 2. The molecule has 3 nitrogen and oxygen atoms in total. The maximum Gasteiger partial charge on any atom is 0.488 e. The molecule has 2 aromatic rings. The third-order valence-corrected chi connectivity index (χ3v) is 3.52. The van der Waals surface area contributed by atoms with Crippen LogP contribution in [0, 0.1) is 6.92 Å². The summed E-state index contributed by atoms with van der Waals surface area (Å²) in [7, 11) is -1.48. The maximum atomic E-state index is 9.15. The second-order valence-corrected chi connectivity index (χ2v) is 5.26. The molecule has 0 bridgehead atoms. The minimum atomic E-state index is -1.48. The van der Waals surface area contributed by atoms with Gasteiger partial charge in [-0.05, 0) is 42.2 Å². The van der Waals surface area contributed by atoms with Gasteiger partial charge in [-0.1, -0.05) is 35.3 Å². The summed E-state index contributed by atoms with van der Waals surface area (Å²) >= 11 is 11.9. The fraction of sp³-hybridized carbons (Fsp3) is 0.143. The molecule has 0 aliphatic rings. The van der Waals surface area contributed by atoms with Crippen LogP contribution in [0.4, 0.5) is 0 Å². The molecule has 0 aliphatic heterocycles. The smallest absolute Gasteiger partial charge is 0.488 e. The topological polar surface area (TPSA) is 49.7 Å². The molecule has 0 atom stereocenters. The molecule has 0 unspecified atom stereocenters. The molecule has 20 heavy (non-hydrogen) atoms. The van der Waals surface area contributed by atoms with E-state index in [1.54, 1.807) is 37.3 Å². The van der Waals surface area contributed by atoms with Gasteiger partial charge in [0.15, 0.2) is 0 Å².